The Kier molecular flexibility index (Phi) is 9.28. The number of nitrogens with two attached hydrogens (primary N) is 1. The molecule has 0 heterocycles. The molecule has 3 aromatic rings. The van der Waals surface area contributed by atoms with Crippen molar-refractivity contribution in [2.75, 3.05) is 26.0 Å². The zero-order chi connectivity index (χ0) is 35.2. The molecule has 0 aliphatic heterocycles. The molecule has 15 heteroatoms. The highest BCUT2D eigenvalue weighted by molar-refractivity contribution is 6.25. The lowest BCUT2D eigenvalue weighted by molar-refractivity contribution is -0.192. The number of carbonyl (C=O) groups is 4. The number of hydrogen-bond donors (Lipinski definition) is 7. The first-order valence-electron chi connectivity index (χ1n) is 14.1. The van der Waals surface area contributed by atoms with Crippen LogP contribution in [-0.4, -0.2) is 92.3 Å². The monoisotopic (exact) mass is 659 g/mol. The van der Waals surface area contributed by atoms with Crippen molar-refractivity contribution in [1.29, 1.82) is 0 Å². The molecular formula is C32H32F3N3O9. The number of halogens is 3. The van der Waals surface area contributed by atoms with E-state index >= 15 is 0 Å². The third kappa shape index (κ3) is 5.94. The average molecular weight is 660 g/mol. The van der Waals surface area contributed by atoms with Gasteiger partial charge in [-0.05, 0) is 62.0 Å². The van der Waals surface area contributed by atoms with Gasteiger partial charge >= 0.3 is 12.1 Å². The van der Waals surface area contributed by atoms with Gasteiger partial charge in [0.25, 0.3) is 5.91 Å². The number of anilines is 1. The van der Waals surface area contributed by atoms with Gasteiger partial charge < -0.3 is 36.6 Å². The predicted octanol–water partition coefficient (Wildman–Crippen LogP) is 2.74. The molecule has 1 amide bonds. The third-order valence-electron chi connectivity index (χ3n) is 8.46. The molecular weight excluding hydrogens is 627 g/mol. The van der Waals surface area contributed by atoms with Crippen molar-refractivity contribution in [3.05, 3.63) is 76.1 Å². The molecule has 0 spiro atoms. The number of carbonyl (C=O) groups excluding carboxylic acids is 3. The highest BCUT2D eigenvalue weighted by Crippen LogP contribution is 2.51. The summed E-state index contributed by atoms with van der Waals surface area (Å²) in [6, 6.07) is 12.0. The molecule has 3 aromatic carbocycles. The molecule has 47 heavy (non-hydrogen) atoms. The summed E-state index contributed by atoms with van der Waals surface area (Å²) in [4.78, 5) is 49.6. The summed E-state index contributed by atoms with van der Waals surface area (Å²) in [7, 11) is 3.11. The van der Waals surface area contributed by atoms with E-state index in [9.17, 15) is 48.0 Å². The maximum absolute atomic E-state index is 14.0. The van der Waals surface area contributed by atoms with Crippen LogP contribution in [0.4, 0.5) is 18.9 Å². The van der Waals surface area contributed by atoms with Crippen LogP contribution in [0, 0.1) is 12.8 Å². The van der Waals surface area contributed by atoms with E-state index in [0.717, 1.165) is 5.56 Å². The second kappa shape index (κ2) is 12.6. The maximum atomic E-state index is 14.0. The zero-order valence-corrected chi connectivity index (χ0v) is 25.3. The topological polar surface area (TPSA) is 211 Å². The molecule has 0 saturated heterocycles. The summed E-state index contributed by atoms with van der Waals surface area (Å²) in [5.41, 5.74) is 3.92. The second-order valence-electron chi connectivity index (χ2n) is 11.4. The molecule has 0 fully saturated rings. The van der Waals surface area contributed by atoms with Crippen LogP contribution in [0.15, 0.2) is 53.8 Å². The Hall–Kier alpha value is -5.15. The first kappa shape index (κ1) is 34.7. The van der Waals surface area contributed by atoms with Gasteiger partial charge in [-0.15, -0.1) is 0 Å². The van der Waals surface area contributed by atoms with E-state index < -0.39 is 64.3 Å². The number of aliphatic carboxylic acids is 1. The Morgan fingerprint density at radius 2 is 1.64 bits per heavy atom. The summed E-state index contributed by atoms with van der Waals surface area (Å²) in [6.45, 7) is 2.21. The SMILES string of the molecule is Cc1c2c(c(O)c3c(O)c(NCCc4ccccc4)ccc13)C(=O)[C@]1(O)C(O)=C(C(N)=O)C(=O)[C@@H](N(C)C)[C@@H]1C2.O=C(O)C(F)(F)F. The maximum Gasteiger partial charge on any atom is 0.490 e. The van der Waals surface area contributed by atoms with Crippen LogP contribution >= 0.6 is 0 Å². The van der Waals surface area contributed by atoms with Gasteiger partial charge in [-0.2, -0.15) is 13.2 Å². The van der Waals surface area contributed by atoms with E-state index in [4.69, 9.17) is 15.6 Å². The number of carboxylic acids is 1. The summed E-state index contributed by atoms with van der Waals surface area (Å²) in [5, 5.41) is 56.1. The summed E-state index contributed by atoms with van der Waals surface area (Å²) in [6.07, 6.45) is -4.48. The van der Waals surface area contributed by atoms with Gasteiger partial charge in [0.2, 0.25) is 5.78 Å². The van der Waals surface area contributed by atoms with Crippen LogP contribution in [0.25, 0.3) is 10.8 Å². The number of Topliss-reactive ketones (excluding diaryl/α,β-unsaturated/α-hetero) is 2. The molecule has 250 valence electrons. The van der Waals surface area contributed by atoms with Crippen LogP contribution in [0.3, 0.4) is 0 Å². The number of hydrogen-bond acceptors (Lipinski definition) is 10. The largest absolute Gasteiger partial charge is 0.508 e. The van der Waals surface area contributed by atoms with Gasteiger partial charge in [0.1, 0.15) is 22.8 Å². The van der Waals surface area contributed by atoms with E-state index in [-0.39, 0.29) is 23.1 Å². The fourth-order valence-electron chi connectivity index (χ4n) is 6.21. The number of aliphatic hydroxyl groups excluding tert-OH is 1. The Morgan fingerprint density at radius 1 is 1.04 bits per heavy atom. The smallest absolute Gasteiger partial charge is 0.490 e. The Labute approximate surface area is 265 Å². The number of aliphatic hydroxyl groups is 2. The molecule has 0 aromatic heterocycles. The van der Waals surface area contributed by atoms with Gasteiger partial charge in [-0.3, -0.25) is 19.3 Å². The highest BCUT2D eigenvalue weighted by Gasteiger charge is 2.62. The van der Waals surface area contributed by atoms with Crippen LogP contribution in [-0.2, 0) is 27.2 Å². The molecule has 0 bridgehead atoms. The number of alkyl halides is 3. The molecule has 2 aliphatic carbocycles. The number of primary amides is 1. The summed E-state index contributed by atoms with van der Waals surface area (Å²) >= 11 is 0. The number of ketones is 2. The number of likely N-dealkylation sites (N-methyl/N-ethyl adjacent to an activating group) is 1. The Morgan fingerprint density at radius 3 is 2.17 bits per heavy atom. The normalized spacial score (nSPS) is 20.8. The number of nitrogens with zero attached hydrogens (tertiary/aromatic N) is 1. The molecule has 0 unspecified atom stereocenters. The minimum Gasteiger partial charge on any atom is -0.508 e. The third-order valence-corrected chi connectivity index (χ3v) is 8.46. The van der Waals surface area contributed by atoms with Gasteiger partial charge in [-0.1, -0.05) is 36.4 Å². The quantitative estimate of drug-likeness (QED) is 0.151. The summed E-state index contributed by atoms with van der Waals surface area (Å²) < 4.78 is 31.7. The van der Waals surface area contributed by atoms with Gasteiger partial charge in [0.05, 0.1) is 22.7 Å². The first-order chi connectivity index (χ1) is 21.8. The molecule has 2 aliphatic rings. The van der Waals surface area contributed by atoms with Crippen molar-refractivity contribution in [3.63, 3.8) is 0 Å². The molecule has 5 rings (SSSR count). The minimum absolute atomic E-state index is 0.00556. The lowest BCUT2D eigenvalue weighted by atomic mass is 9.61. The molecule has 0 saturated carbocycles. The molecule has 0 radical (unpaired) electrons. The standard InChI is InChI=1S/C30H31N3O7.C2HF3O2/c1-14-16-9-10-19(32-12-11-15-7-5-4-6-8-15)24(34)20(16)25(35)21-17(14)13-18-23(33(2)3)26(36)22(29(31)39)28(38)30(18,40)27(21)37;3-2(4,5)1(6)7/h4-10,18,23,32,34-35,38,40H,11-13H2,1-3H3,(H2,31,39);(H,6,7)/t18-,23-,30-;/m0./s1. The number of aromatic hydroxyl groups is 2. The molecule has 12 nitrogen and oxygen atoms in total. The van der Waals surface area contributed by atoms with E-state index in [1.807, 2.05) is 30.3 Å². The number of carboxylic acid groups (broad SMARTS) is 1. The molecule has 3 atom stereocenters. The lowest BCUT2D eigenvalue weighted by Crippen LogP contribution is -2.64. The van der Waals surface area contributed by atoms with Gasteiger partial charge in [-0.25, -0.2) is 4.79 Å². The zero-order valence-electron chi connectivity index (χ0n) is 25.3. The number of phenolic OH excluding ortho intramolecular Hbond substituents is 2. The number of rotatable bonds is 6. The first-order valence-corrected chi connectivity index (χ1v) is 14.1. The predicted molar refractivity (Wildman–Crippen MR) is 162 cm³/mol. The van der Waals surface area contributed by atoms with Crippen LogP contribution in [0.2, 0.25) is 0 Å². The Bertz CT molecular complexity index is 1820. The fourth-order valence-corrected chi connectivity index (χ4v) is 6.21. The van der Waals surface area contributed by atoms with Gasteiger partial charge in [0, 0.05) is 12.5 Å². The number of amides is 1. The van der Waals surface area contributed by atoms with Crippen LogP contribution in [0.5, 0.6) is 11.5 Å². The van der Waals surface area contributed by atoms with Crippen molar-refractivity contribution in [3.8, 4) is 11.5 Å². The number of nitrogens with one attached hydrogen (secondary N) is 1. The average Bonchev–Trinajstić information content (AvgIpc) is 2.98. The van der Waals surface area contributed by atoms with E-state index in [2.05, 4.69) is 5.32 Å². The van der Waals surface area contributed by atoms with Crippen molar-refractivity contribution in [1.82, 2.24) is 4.90 Å². The summed E-state index contributed by atoms with van der Waals surface area (Å²) in [5.74, 6) is -9.05. The van der Waals surface area contributed by atoms with Gasteiger partial charge in [0.15, 0.2) is 11.4 Å². The lowest BCUT2D eigenvalue weighted by Gasteiger charge is -2.47. The van der Waals surface area contributed by atoms with E-state index in [1.54, 1.807) is 33.2 Å². The second-order valence-corrected chi connectivity index (χ2v) is 11.4. The van der Waals surface area contributed by atoms with E-state index in [1.165, 1.54) is 4.90 Å². The van der Waals surface area contributed by atoms with Crippen LogP contribution < -0.4 is 11.1 Å². The van der Waals surface area contributed by atoms with Crippen molar-refractivity contribution < 1.29 is 57.9 Å². The molecule has 8 N–H and O–H groups in total. The number of fused-ring (bicyclic) bond motifs is 3. The van der Waals surface area contributed by atoms with E-state index in [0.29, 0.717) is 35.2 Å². The van der Waals surface area contributed by atoms with Crippen LogP contribution in [0.1, 0.15) is 27.0 Å². The highest BCUT2D eigenvalue weighted by atomic mass is 19.4. The Balaban J connectivity index is 0.000000644. The van der Waals surface area contributed by atoms with Crippen molar-refractivity contribution >= 4 is 39.9 Å². The van der Waals surface area contributed by atoms with Crippen molar-refractivity contribution in [2.45, 2.75) is 37.6 Å². The number of aryl methyl sites for hydroxylation is 1. The number of phenols is 2. The van der Waals surface area contributed by atoms with Crippen molar-refractivity contribution in [2.24, 2.45) is 11.7 Å². The number of benzene rings is 3. The minimum atomic E-state index is -5.08. The fraction of sp³-hybridized carbons (Fsp3) is 0.312.